The molecule has 0 saturated carbocycles. The predicted octanol–water partition coefficient (Wildman–Crippen LogP) is 0.662. The van der Waals surface area contributed by atoms with Crippen molar-refractivity contribution in [2.75, 3.05) is 0 Å². The Bertz CT molecular complexity index is 957. The van der Waals surface area contributed by atoms with Crippen LogP contribution < -0.4 is 11.5 Å². The third-order valence-electron chi connectivity index (χ3n) is 3.31. The SMILES string of the molecule is NC1(N)C=CC(/C=C/c2ccccc2S(=O)(=O)O)=C(S(=O)(=O)O)C1. The molecule has 130 valence electrons. The monoisotopic (exact) mass is 372 g/mol. The Labute approximate surface area is 139 Å². The molecule has 0 saturated heterocycles. The quantitative estimate of drug-likeness (QED) is 0.443. The molecule has 0 bridgehead atoms. The van der Waals surface area contributed by atoms with Crippen LogP contribution in [0.25, 0.3) is 6.08 Å². The lowest BCUT2D eigenvalue weighted by atomic mass is 9.97. The van der Waals surface area contributed by atoms with Crippen molar-refractivity contribution in [3.63, 3.8) is 0 Å². The van der Waals surface area contributed by atoms with Gasteiger partial charge in [-0.05, 0) is 23.3 Å². The Balaban J connectivity index is 2.53. The zero-order valence-corrected chi connectivity index (χ0v) is 14.0. The van der Waals surface area contributed by atoms with Gasteiger partial charge in [0.1, 0.15) is 4.90 Å². The zero-order valence-electron chi connectivity index (χ0n) is 12.3. The summed E-state index contributed by atoms with van der Waals surface area (Å²) in [4.78, 5) is -0.711. The molecule has 8 nitrogen and oxygen atoms in total. The molecule has 0 aliphatic heterocycles. The average molecular weight is 372 g/mol. The highest BCUT2D eigenvalue weighted by Crippen LogP contribution is 2.28. The molecule has 6 N–H and O–H groups in total. The zero-order chi connectivity index (χ0) is 18.2. The Morgan fingerprint density at radius 2 is 1.62 bits per heavy atom. The van der Waals surface area contributed by atoms with Gasteiger partial charge in [-0.2, -0.15) is 16.8 Å². The average Bonchev–Trinajstić information content (AvgIpc) is 2.43. The summed E-state index contributed by atoms with van der Waals surface area (Å²) >= 11 is 0. The van der Waals surface area contributed by atoms with Gasteiger partial charge in [0.05, 0.1) is 10.6 Å². The summed E-state index contributed by atoms with van der Waals surface area (Å²) in [6.45, 7) is 0. The fourth-order valence-corrected chi connectivity index (χ4v) is 3.75. The van der Waals surface area contributed by atoms with Gasteiger partial charge in [0.25, 0.3) is 20.2 Å². The maximum atomic E-state index is 11.5. The molecule has 0 amide bonds. The molecule has 2 rings (SSSR count). The number of hydrogen-bond acceptors (Lipinski definition) is 6. The van der Waals surface area contributed by atoms with Crippen LogP contribution in [0.3, 0.4) is 0 Å². The Morgan fingerprint density at radius 3 is 2.21 bits per heavy atom. The van der Waals surface area contributed by atoms with E-state index in [1.54, 1.807) is 6.07 Å². The highest BCUT2D eigenvalue weighted by Gasteiger charge is 2.29. The third kappa shape index (κ3) is 4.38. The summed E-state index contributed by atoms with van der Waals surface area (Å²) in [6, 6.07) is 5.61. The standard InChI is InChI=1S/C14H16N2O6S2/c15-14(16)8-7-11(13(9-14)24(20,21)22)6-5-10-3-1-2-4-12(10)23(17,18)19/h1-8H,9,15-16H2,(H,17,18,19)(H,20,21,22)/b6-5+. The fraction of sp³-hybridized carbons (Fsp3) is 0.143. The van der Waals surface area contributed by atoms with Crippen LogP contribution in [0.5, 0.6) is 0 Å². The van der Waals surface area contributed by atoms with E-state index in [4.69, 9.17) is 11.5 Å². The molecule has 0 heterocycles. The fourth-order valence-electron chi connectivity index (χ4n) is 2.20. The summed E-state index contributed by atoms with van der Waals surface area (Å²) in [5.41, 5.74) is 10.2. The maximum absolute atomic E-state index is 11.5. The lowest BCUT2D eigenvalue weighted by Gasteiger charge is -2.25. The largest absolute Gasteiger partial charge is 0.310 e. The second-order valence-electron chi connectivity index (χ2n) is 5.32. The third-order valence-corrected chi connectivity index (χ3v) is 5.24. The summed E-state index contributed by atoms with van der Waals surface area (Å²) < 4.78 is 64.2. The lowest BCUT2D eigenvalue weighted by molar-refractivity contribution is 0.476. The molecule has 0 aromatic heterocycles. The molecule has 10 heteroatoms. The number of benzene rings is 1. The van der Waals surface area contributed by atoms with Crippen molar-refractivity contribution in [1.29, 1.82) is 0 Å². The number of nitrogens with two attached hydrogens (primary N) is 2. The summed E-state index contributed by atoms with van der Waals surface area (Å²) in [6.07, 6.45) is 4.96. The van der Waals surface area contributed by atoms with Gasteiger partial charge < -0.3 is 11.5 Å². The molecular weight excluding hydrogens is 356 g/mol. The molecule has 0 radical (unpaired) electrons. The Morgan fingerprint density at radius 1 is 1.00 bits per heavy atom. The van der Waals surface area contributed by atoms with Crippen molar-refractivity contribution >= 4 is 26.3 Å². The lowest BCUT2D eigenvalue weighted by Crippen LogP contribution is -2.49. The second-order valence-corrected chi connectivity index (χ2v) is 8.16. The summed E-state index contributed by atoms with van der Waals surface area (Å²) in [7, 11) is -8.98. The van der Waals surface area contributed by atoms with Crippen LogP contribution in [0, 0.1) is 0 Å². The van der Waals surface area contributed by atoms with Gasteiger partial charge in [0, 0.05) is 6.42 Å². The normalized spacial score (nSPS) is 18.3. The van der Waals surface area contributed by atoms with E-state index in [1.165, 1.54) is 42.5 Å². The van der Waals surface area contributed by atoms with Crippen molar-refractivity contribution in [2.45, 2.75) is 17.0 Å². The van der Waals surface area contributed by atoms with Gasteiger partial charge in [-0.15, -0.1) is 0 Å². The van der Waals surface area contributed by atoms with Crippen LogP contribution in [0.2, 0.25) is 0 Å². The van der Waals surface area contributed by atoms with Gasteiger partial charge in [0.15, 0.2) is 0 Å². The molecule has 0 unspecified atom stereocenters. The van der Waals surface area contributed by atoms with Gasteiger partial charge in [-0.25, -0.2) is 0 Å². The van der Waals surface area contributed by atoms with Gasteiger partial charge in [-0.1, -0.05) is 36.4 Å². The van der Waals surface area contributed by atoms with Crippen molar-refractivity contribution in [3.8, 4) is 0 Å². The summed E-state index contributed by atoms with van der Waals surface area (Å²) in [5.74, 6) is 0. The van der Waals surface area contributed by atoms with Crippen molar-refractivity contribution in [3.05, 3.63) is 58.5 Å². The highest BCUT2D eigenvalue weighted by molar-refractivity contribution is 7.89. The first kappa shape index (κ1) is 18.5. The number of hydrogen-bond donors (Lipinski definition) is 4. The second kappa shape index (κ2) is 6.24. The van der Waals surface area contributed by atoms with Crippen LogP contribution in [0.4, 0.5) is 0 Å². The van der Waals surface area contributed by atoms with E-state index in [0.717, 1.165) is 0 Å². The predicted molar refractivity (Wildman–Crippen MR) is 88.7 cm³/mol. The molecule has 0 atom stereocenters. The van der Waals surface area contributed by atoms with E-state index in [9.17, 15) is 25.9 Å². The first-order valence-corrected chi connectivity index (χ1v) is 9.50. The van der Waals surface area contributed by atoms with Gasteiger partial charge in [0.2, 0.25) is 0 Å². The molecule has 1 aliphatic rings. The van der Waals surface area contributed by atoms with Crippen LogP contribution in [0.15, 0.2) is 57.9 Å². The van der Waals surface area contributed by atoms with Crippen LogP contribution in [0.1, 0.15) is 12.0 Å². The van der Waals surface area contributed by atoms with E-state index in [1.807, 2.05) is 0 Å². The molecule has 1 aromatic rings. The van der Waals surface area contributed by atoms with Gasteiger partial charge >= 0.3 is 0 Å². The minimum absolute atomic E-state index is 0.106. The summed E-state index contributed by atoms with van der Waals surface area (Å²) in [5, 5.41) is 0. The smallest absolute Gasteiger partial charge is 0.295 e. The van der Waals surface area contributed by atoms with E-state index < -0.39 is 25.9 Å². The van der Waals surface area contributed by atoms with Crippen LogP contribution >= 0.6 is 0 Å². The minimum atomic E-state index is -4.54. The van der Waals surface area contributed by atoms with E-state index in [2.05, 4.69) is 0 Å². The molecule has 1 aromatic carbocycles. The first-order valence-electron chi connectivity index (χ1n) is 6.62. The van der Waals surface area contributed by atoms with Crippen molar-refractivity contribution in [2.24, 2.45) is 11.5 Å². The molecule has 0 spiro atoms. The van der Waals surface area contributed by atoms with Crippen molar-refractivity contribution < 1.29 is 25.9 Å². The highest BCUT2D eigenvalue weighted by atomic mass is 32.2. The van der Waals surface area contributed by atoms with Crippen LogP contribution in [-0.4, -0.2) is 31.6 Å². The molecule has 0 fully saturated rings. The number of rotatable bonds is 4. The minimum Gasteiger partial charge on any atom is -0.310 e. The van der Waals surface area contributed by atoms with Crippen molar-refractivity contribution in [1.82, 2.24) is 0 Å². The van der Waals surface area contributed by atoms with E-state index in [-0.39, 0.29) is 27.4 Å². The first-order chi connectivity index (χ1) is 10.9. The Hall–Kier alpha value is -1.82. The van der Waals surface area contributed by atoms with E-state index in [0.29, 0.717) is 0 Å². The van der Waals surface area contributed by atoms with Crippen LogP contribution in [-0.2, 0) is 20.2 Å². The Kier molecular flexibility index (Phi) is 4.81. The maximum Gasteiger partial charge on any atom is 0.295 e. The molecular formula is C14H16N2O6S2. The topological polar surface area (TPSA) is 161 Å². The van der Waals surface area contributed by atoms with E-state index >= 15 is 0 Å². The van der Waals surface area contributed by atoms with Gasteiger partial charge in [-0.3, -0.25) is 9.11 Å². The molecule has 1 aliphatic carbocycles. The number of allylic oxidation sites excluding steroid dienone is 3. The molecule has 24 heavy (non-hydrogen) atoms.